The van der Waals surface area contributed by atoms with Crippen LogP contribution in [0.1, 0.15) is 10.4 Å². The molecule has 3 aromatic heterocycles. The van der Waals surface area contributed by atoms with Crippen LogP contribution >= 0.6 is 34.4 Å². The van der Waals surface area contributed by atoms with Crippen molar-refractivity contribution in [2.45, 2.75) is 25.5 Å². The number of carbonyl (C=O) groups is 1. The van der Waals surface area contributed by atoms with Crippen molar-refractivity contribution >= 4 is 56.2 Å². The first-order valence-electron chi connectivity index (χ1n) is 13.1. The van der Waals surface area contributed by atoms with E-state index in [0.717, 1.165) is 44.3 Å². The summed E-state index contributed by atoms with van der Waals surface area (Å²) >= 11 is 4.74. The molecular formula is C32H27N5OS3. The summed E-state index contributed by atoms with van der Waals surface area (Å²) in [6.45, 7) is 8.68. The Morgan fingerprint density at radius 1 is 1.02 bits per heavy atom. The lowest BCUT2D eigenvalue weighted by Gasteiger charge is -2.10. The minimum atomic E-state index is -0.107. The van der Waals surface area contributed by atoms with Gasteiger partial charge in [-0.3, -0.25) is 9.36 Å². The molecule has 6 aromatic rings. The van der Waals surface area contributed by atoms with E-state index in [2.05, 4.69) is 71.7 Å². The van der Waals surface area contributed by atoms with Crippen LogP contribution in [0.2, 0.25) is 0 Å². The molecule has 3 heterocycles. The number of thiophene rings is 1. The third-order valence-corrected chi connectivity index (χ3v) is 9.54. The number of anilines is 1. The Hall–Kier alpha value is -4.05. The molecule has 0 fully saturated rings. The number of hydrogen-bond donors (Lipinski definition) is 1. The molecule has 1 N–H and O–H groups in total. The quantitative estimate of drug-likeness (QED) is 0.134. The Balaban J connectivity index is 1.15. The first kappa shape index (κ1) is 27.1. The van der Waals surface area contributed by atoms with Crippen LogP contribution < -0.4 is 5.32 Å². The standard InChI is InChI=1S/C32H27N5OS3/c1-4-16-37-30(25-18-39-21(3)29(25)22-8-6-5-7-9-22)35-36-32(37)40-19-28(38)33-24-13-11-23(12-14-24)31-34-26-15-10-20(2)17-27(26)41-31/h4-15,17-18H,1,16,19H2,2-3H3,(H,33,38). The molecule has 1 amide bonds. The molecule has 9 heteroatoms. The lowest BCUT2D eigenvalue weighted by Crippen LogP contribution is -2.14. The van der Waals surface area contributed by atoms with Crippen LogP contribution in [0.3, 0.4) is 0 Å². The van der Waals surface area contributed by atoms with Gasteiger partial charge < -0.3 is 5.32 Å². The van der Waals surface area contributed by atoms with Gasteiger partial charge in [-0.1, -0.05) is 54.2 Å². The maximum atomic E-state index is 12.9. The fourth-order valence-electron chi connectivity index (χ4n) is 4.65. The van der Waals surface area contributed by atoms with Crippen LogP contribution in [-0.2, 0) is 11.3 Å². The van der Waals surface area contributed by atoms with Crippen LogP contribution in [0.5, 0.6) is 0 Å². The molecule has 0 aliphatic heterocycles. The topological polar surface area (TPSA) is 72.7 Å². The maximum absolute atomic E-state index is 12.9. The number of aryl methyl sites for hydroxylation is 2. The van der Waals surface area contributed by atoms with Gasteiger partial charge in [0.25, 0.3) is 0 Å². The lowest BCUT2D eigenvalue weighted by atomic mass is 10.0. The molecular weight excluding hydrogens is 567 g/mol. The number of amides is 1. The summed E-state index contributed by atoms with van der Waals surface area (Å²) in [5, 5.41) is 15.8. The number of thioether (sulfide) groups is 1. The normalized spacial score (nSPS) is 11.2. The second kappa shape index (κ2) is 11.8. The highest BCUT2D eigenvalue weighted by atomic mass is 32.2. The zero-order valence-corrected chi connectivity index (χ0v) is 25.1. The molecule has 204 valence electrons. The molecule has 6 rings (SSSR count). The van der Waals surface area contributed by atoms with Gasteiger partial charge in [-0.2, -0.15) is 0 Å². The Morgan fingerprint density at radius 2 is 1.83 bits per heavy atom. The summed E-state index contributed by atoms with van der Waals surface area (Å²) in [4.78, 5) is 18.8. The summed E-state index contributed by atoms with van der Waals surface area (Å²) in [7, 11) is 0. The molecule has 0 unspecified atom stereocenters. The summed E-state index contributed by atoms with van der Waals surface area (Å²) in [6.07, 6.45) is 1.83. The van der Waals surface area contributed by atoms with E-state index < -0.39 is 0 Å². The minimum absolute atomic E-state index is 0.107. The molecule has 0 aliphatic rings. The molecule has 0 spiro atoms. The van der Waals surface area contributed by atoms with Crippen molar-refractivity contribution in [2.24, 2.45) is 0 Å². The van der Waals surface area contributed by atoms with Gasteiger partial charge in [0.1, 0.15) is 5.01 Å². The zero-order valence-electron chi connectivity index (χ0n) is 22.6. The number of nitrogens with one attached hydrogen (secondary N) is 1. The highest BCUT2D eigenvalue weighted by molar-refractivity contribution is 7.99. The van der Waals surface area contributed by atoms with Crippen molar-refractivity contribution < 1.29 is 4.79 Å². The number of rotatable bonds is 9. The number of benzene rings is 3. The van der Waals surface area contributed by atoms with Crippen LogP contribution in [0.4, 0.5) is 5.69 Å². The molecule has 0 saturated carbocycles. The third kappa shape index (κ3) is 5.74. The summed E-state index contributed by atoms with van der Waals surface area (Å²) in [6, 6.07) is 24.4. The van der Waals surface area contributed by atoms with Crippen molar-refractivity contribution in [1.29, 1.82) is 0 Å². The van der Waals surface area contributed by atoms with Gasteiger partial charge in [0.15, 0.2) is 11.0 Å². The molecule has 0 atom stereocenters. The fraction of sp³-hybridized carbons (Fsp3) is 0.125. The van der Waals surface area contributed by atoms with E-state index in [1.54, 1.807) is 22.7 Å². The van der Waals surface area contributed by atoms with Gasteiger partial charge in [0.05, 0.1) is 16.0 Å². The largest absolute Gasteiger partial charge is 0.325 e. The van der Waals surface area contributed by atoms with Crippen LogP contribution in [0, 0.1) is 13.8 Å². The molecule has 0 radical (unpaired) electrons. The van der Waals surface area contributed by atoms with Gasteiger partial charge in [-0.15, -0.1) is 39.4 Å². The Labute approximate surface area is 250 Å². The summed E-state index contributed by atoms with van der Waals surface area (Å²) in [5.41, 5.74) is 7.33. The second-order valence-electron chi connectivity index (χ2n) is 9.56. The number of allylic oxidation sites excluding steroid dienone is 1. The number of aromatic nitrogens is 4. The van der Waals surface area contributed by atoms with Crippen LogP contribution in [-0.4, -0.2) is 31.4 Å². The van der Waals surface area contributed by atoms with Gasteiger partial charge in [-0.25, -0.2) is 4.98 Å². The van der Waals surface area contributed by atoms with E-state index in [1.165, 1.54) is 26.9 Å². The summed E-state index contributed by atoms with van der Waals surface area (Å²) < 4.78 is 3.19. The predicted octanol–water partition coefficient (Wildman–Crippen LogP) is 8.48. The SMILES string of the molecule is C=CCn1c(SCC(=O)Nc2ccc(-c3nc4ccc(C)cc4s3)cc2)nnc1-c1csc(C)c1-c1ccccc1. The van der Waals surface area contributed by atoms with Crippen molar-refractivity contribution in [2.75, 3.05) is 11.1 Å². The van der Waals surface area contributed by atoms with E-state index in [1.807, 2.05) is 53.1 Å². The first-order valence-corrected chi connectivity index (χ1v) is 15.8. The summed E-state index contributed by atoms with van der Waals surface area (Å²) in [5.74, 6) is 0.878. The average Bonchev–Trinajstić information content (AvgIpc) is 3.69. The number of hydrogen-bond acceptors (Lipinski definition) is 7. The van der Waals surface area contributed by atoms with Crippen molar-refractivity contribution in [3.63, 3.8) is 0 Å². The van der Waals surface area contributed by atoms with Gasteiger partial charge >= 0.3 is 0 Å². The molecule has 0 bridgehead atoms. The van der Waals surface area contributed by atoms with E-state index in [0.29, 0.717) is 11.7 Å². The lowest BCUT2D eigenvalue weighted by molar-refractivity contribution is -0.113. The van der Waals surface area contributed by atoms with Crippen molar-refractivity contribution in [3.05, 3.63) is 101 Å². The first-order chi connectivity index (χ1) is 20.0. The number of carbonyl (C=O) groups excluding carboxylic acids is 1. The fourth-order valence-corrected chi connectivity index (χ4v) is 7.33. The number of thiazole rings is 1. The van der Waals surface area contributed by atoms with E-state index >= 15 is 0 Å². The monoisotopic (exact) mass is 593 g/mol. The van der Waals surface area contributed by atoms with Crippen LogP contribution in [0.25, 0.3) is 43.3 Å². The Bertz CT molecular complexity index is 1850. The Morgan fingerprint density at radius 3 is 2.61 bits per heavy atom. The highest BCUT2D eigenvalue weighted by Crippen LogP contribution is 2.39. The highest BCUT2D eigenvalue weighted by Gasteiger charge is 2.20. The number of fused-ring (bicyclic) bond motifs is 1. The van der Waals surface area contributed by atoms with Crippen LogP contribution in [0.15, 0.2) is 96.0 Å². The maximum Gasteiger partial charge on any atom is 0.234 e. The minimum Gasteiger partial charge on any atom is -0.325 e. The van der Waals surface area contributed by atoms with E-state index in [-0.39, 0.29) is 11.7 Å². The molecule has 0 aliphatic carbocycles. The van der Waals surface area contributed by atoms with E-state index in [4.69, 9.17) is 4.98 Å². The average molecular weight is 594 g/mol. The molecule has 3 aromatic carbocycles. The second-order valence-corrected chi connectivity index (χ2v) is 12.6. The van der Waals surface area contributed by atoms with Crippen molar-refractivity contribution in [3.8, 4) is 33.1 Å². The Kier molecular flexibility index (Phi) is 7.82. The van der Waals surface area contributed by atoms with E-state index in [9.17, 15) is 4.79 Å². The smallest absolute Gasteiger partial charge is 0.234 e. The number of nitrogens with zero attached hydrogens (tertiary/aromatic N) is 4. The van der Waals surface area contributed by atoms with Gasteiger partial charge in [0.2, 0.25) is 5.91 Å². The third-order valence-electron chi connectivity index (χ3n) is 6.60. The van der Waals surface area contributed by atoms with Gasteiger partial charge in [0, 0.05) is 39.2 Å². The molecule has 0 saturated heterocycles. The molecule has 41 heavy (non-hydrogen) atoms. The molecule has 6 nitrogen and oxygen atoms in total. The predicted molar refractivity (Wildman–Crippen MR) is 173 cm³/mol. The zero-order chi connectivity index (χ0) is 28.3. The van der Waals surface area contributed by atoms with Crippen molar-refractivity contribution in [1.82, 2.24) is 19.7 Å². The van der Waals surface area contributed by atoms with Gasteiger partial charge in [-0.05, 0) is 61.4 Å².